The standard InChI is InChI=1S/C65H74O11/c1-40(37-67)50-25-21-41-19-22-42(23-20-41)51-26-24-45(44-13-10-17-49(35-44)64(30-8-9-31-64)48-15-4-3-5-16-48)34-47(51)36-56(69)73-60-58-55(76-65(61(60)75-62(50)70)32-11-14-43-12-6-7-18-54(43)65)28-27-52-53(38-68)57(63(71)74-59(52)58)46(29-33-66)39-72-2/h3-5,10,13,15-17,19-20,22-24,26-28,35,43,45-47,51,54,60-61,66-68H,6-9,11-12,14,18,21,25,29-34,36-39H2,1-2H3/b50-40-/t43-,45-,46-,47-,51+,54-,60-,61+,65+/m1/s1. The molecule has 76 heavy (non-hydrogen) atoms. The number of aryl methyl sites for hydroxylation is 1. The van der Waals surface area contributed by atoms with Gasteiger partial charge in [0.1, 0.15) is 11.3 Å². The summed E-state index contributed by atoms with van der Waals surface area (Å²) in [7, 11) is 1.52. The van der Waals surface area contributed by atoms with Crippen molar-refractivity contribution >= 4 is 22.9 Å². The Morgan fingerprint density at radius 1 is 0.776 bits per heavy atom. The number of rotatable bonds is 10. The van der Waals surface area contributed by atoms with E-state index in [0.29, 0.717) is 53.5 Å². The Morgan fingerprint density at radius 3 is 2.32 bits per heavy atom. The lowest BCUT2D eigenvalue weighted by Gasteiger charge is -2.56. The normalized spacial score (nSPS) is 28.4. The zero-order valence-electron chi connectivity index (χ0n) is 44.2. The first-order valence-electron chi connectivity index (χ1n) is 28.2. The van der Waals surface area contributed by atoms with Gasteiger partial charge in [-0.2, -0.15) is 0 Å². The Hall–Kier alpha value is -5.85. The predicted octanol–water partition coefficient (Wildman–Crippen LogP) is 11.7. The van der Waals surface area contributed by atoms with Crippen molar-refractivity contribution < 1.29 is 48.3 Å². The molecule has 3 fully saturated rings. The van der Waals surface area contributed by atoms with E-state index < -0.39 is 47.9 Å². The van der Waals surface area contributed by atoms with Crippen LogP contribution in [0.5, 0.6) is 5.75 Å². The third-order valence-corrected chi connectivity index (χ3v) is 18.9. The first-order valence-corrected chi connectivity index (χ1v) is 28.2. The smallest absolute Gasteiger partial charge is 0.340 e. The minimum Gasteiger partial charge on any atom is -0.482 e. The van der Waals surface area contributed by atoms with Crippen molar-refractivity contribution in [2.24, 2.45) is 17.8 Å². The topological polar surface area (TPSA) is 162 Å². The Kier molecular flexibility index (Phi) is 15.3. The number of hydrogen-bond donors (Lipinski definition) is 3. The van der Waals surface area contributed by atoms with Crippen molar-refractivity contribution in [2.45, 2.75) is 157 Å². The molecule has 0 saturated heterocycles. The van der Waals surface area contributed by atoms with E-state index in [2.05, 4.69) is 91.0 Å². The largest absolute Gasteiger partial charge is 0.482 e. The van der Waals surface area contributed by atoms with Gasteiger partial charge in [-0.15, -0.1) is 0 Å². The summed E-state index contributed by atoms with van der Waals surface area (Å²) < 4.78 is 33.3. The highest BCUT2D eigenvalue weighted by atomic mass is 16.6. The average molecular weight is 1030 g/mol. The third kappa shape index (κ3) is 9.57. The Morgan fingerprint density at radius 2 is 1.55 bits per heavy atom. The van der Waals surface area contributed by atoms with Crippen LogP contribution in [0.3, 0.4) is 0 Å². The molecule has 3 aliphatic heterocycles. The van der Waals surface area contributed by atoms with Gasteiger partial charge in [0.15, 0.2) is 17.8 Å². The molecule has 11 nitrogen and oxygen atoms in total. The van der Waals surface area contributed by atoms with E-state index in [9.17, 15) is 20.1 Å². The average Bonchev–Trinajstić information content (AvgIpc) is 4.09. The summed E-state index contributed by atoms with van der Waals surface area (Å²) in [5.74, 6) is -1.35. The molecule has 3 N–H and O–H groups in total. The molecule has 9 atom stereocenters. The molecule has 4 heterocycles. The maximum absolute atomic E-state index is 15.5. The van der Waals surface area contributed by atoms with E-state index in [1.807, 2.05) is 6.07 Å². The molecule has 4 aliphatic carbocycles. The molecule has 2 bridgehead atoms. The van der Waals surface area contributed by atoms with E-state index >= 15 is 9.59 Å². The van der Waals surface area contributed by atoms with Crippen LogP contribution in [0.15, 0.2) is 124 Å². The third-order valence-electron chi connectivity index (χ3n) is 18.9. The fourth-order valence-electron chi connectivity index (χ4n) is 15.1. The van der Waals surface area contributed by atoms with Gasteiger partial charge >= 0.3 is 17.6 Å². The maximum atomic E-state index is 15.5. The maximum Gasteiger partial charge on any atom is 0.340 e. The Balaban J connectivity index is 1.05. The number of esters is 2. The molecule has 5 aromatic rings. The molecule has 1 spiro atoms. The number of fused-ring (bicyclic) bond motifs is 13. The van der Waals surface area contributed by atoms with E-state index in [1.165, 1.54) is 36.6 Å². The molecule has 7 aliphatic rings. The van der Waals surface area contributed by atoms with E-state index in [1.54, 1.807) is 13.0 Å². The summed E-state index contributed by atoms with van der Waals surface area (Å²) >= 11 is 0. The van der Waals surface area contributed by atoms with Gasteiger partial charge in [-0.25, -0.2) is 9.59 Å². The van der Waals surface area contributed by atoms with Gasteiger partial charge in [0.25, 0.3) is 0 Å². The van der Waals surface area contributed by atoms with Crippen molar-refractivity contribution in [3.63, 3.8) is 0 Å². The second kappa shape index (κ2) is 22.2. The van der Waals surface area contributed by atoms with Crippen LogP contribution >= 0.6 is 0 Å². The molecular weight excluding hydrogens is 957 g/mol. The molecule has 1 aromatic heterocycles. The minimum atomic E-state index is -1.29. The van der Waals surface area contributed by atoms with Gasteiger partial charge in [-0.3, -0.25) is 4.79 Å². The van der Waals surface area contributed by atoms with Gasteiger partial charge in [0, 0.05) is 65.7 Å². The molecule has 3 saturated carbocycles. The zero-order valence-corrected chi connectivity index (χ0v) is 44.2. The van der Waals surface area contributed by atoms with E-state index in [0.717, 1.165) is 62.5 Å². The highest BCUT2D eigenvalue weighted by Gasteiger charge is 2.62. The monoisotopic (exact) mass is 1030 g/mol. The predicted molar refractivity (Wildman–Crippen MR) is 290 cm³/mol. The number of hydrogen-bond acceptors (Lipinski definition) is 11. The first-order chi connectivity index (χ1) is 37.1. The summed E-state index contributed by atoms with van der Waals surface area (Å²) in [6.45, 7) is 0.753. The number of benzene rings is 4. The number of allylic oxidation sites excluding steroid dienone is 2. The van der Waals surface area contributed by atoms with Crippen LogP contribution in [0.2, 0.25) is 0 Å². The molecule has 0 unspecified atom stereocenters. The van der Waals surface area contributed by atoms with E-state index in [4.69, 9.17) is 23.4 Å². The van der Waals surface area contributed by atoms with Crippen molar-refractivity contribution in [1.29, 1.82) is 0 Å². The van der Waals surface area contributed by atoms with Crippen LogP contribution in [0.1, 0.15) is 172 Å². The van der Waals surface area contributed by atoms with Gasteiger partial charge in [0.2, 0.25) is 0 Å². The second-order valence-electron chi connectivity index (χ2n) is 23.0. The van der Waals surface area contributed by atoms with Crippen molar-refractivity contribution in [3.8, 4) is 5.75 Å². The fraction of sp³-hybridized carbons (Fsp3) is 0.492. The molecular formula is C65H74O11. The van der Waals surface area contributed by atoms with E-state index in [-0.39, 0.29) is 84.4 Å². The van der Waals surface area contributed by atoms with Crippen LogP contribution in [0, 0.1) is 17.8 Å². The van der Waals surface area contributed by atoms with Crippen molar-refractivity contribution in [1.82, 2.24) is 0 Å². The van der Waals surface area contributed by atoms with Gasteiger partial charge < -0.3 is 38.7 Å². The summed E-state index contributed by atoms with van der Waals surface area (Å²) in [5, 5.41) is 32.3. The fourth-order valence-corrected chi connectivity index (χ4v) is 15.1. The lowest BCUT2D eigenvalue weighted by Crippen LogP contribution is -2.63. The van der Waals surface area contributed by atoms with Crippen LogP contribution in [0.25, 0.3) is 11.0 Å². The Bertz CT molecular complexity index is 3030. The molecule has 4 aromatic carbocycles. The summed E-state index contributed by atoms with van der Waals surface area (Å²) in [5.41, 5.74) is 5.82. The molecule has 0 radical (unpaired) electrons. The lowest BCUT2D eigenvalue weighted by atomic mass is 9.59. The van der Waals surface area contributed by atoms with Gasteiger partial charge in [-0.05, 0) is 134 Å². The quantitative estimate of drug-likeness (QED) is 0.0528. The number of carbonyl (C=O) groups is 2. The number of methoxy groups -OCH3 is 1. The summed E-state index contributed by atoms with van der Waals surface area (Å²) in [6.07, 6.45) is 14.7. The van der Waals surface area contributed by atoms with Crippen molar-refractivity contribution in [2.75, 3.05) is 26.9 Å². The molecule has 0 amide bonds. The highest BCUT2D eigenvalue weighted by Crippen LogP contribution is 2.58. The first kappa shape index (κ1) is 52.2. The minimum absolute atomic E-state index is 0.0244. The molecule has 11 heteroatoms. The lowest BCUT2D eigenvalue weighted by molar-refractivity contribution is -0.216. The summed E-state index contributed by atoms with van der Waals surface area (Å²) in [6, 6.07) is 32.1. The molecule has 12 rings (SSSR count). The molecule has 400 valence electrons. The van der Waals surface area contributed by atoms with Crippen molar-refractivity contribution in [3.05, 3.63) is 169 Å². The van der Waals surface area contributed by atoms with Gasteiger partial charge in [-0.1, -0.05) is 123 Å². The highest BCUT2D eigenvalue weighted by molar-refractivity contribution is 5.90. The Labute approximate surface area is 446 Å². The van der Waals surface area contributed by atoms with Crippen LogP contribution < -0.4 is 10.4 Å². The van der Waals surface area contributed by atoms with Crippen LogP contribution in [-0.4, -0.2) is 65.9 Å². The number of aliphatic hydroxyl groups is 3. The van der Waals surface area contributed by atoms with Crippen LogP contribution in [0.4, 0.5) is 0 Å². The number of ether oxygens (including phenoxy) is 4. The SMILES string of the molecule is COC[C@@H](CCO)c1c(CO)c2ccc3c(c2oc1=O)[C@H]1OC(=O)C[C@H]2C[C@H](c4cccc(C5(c6ccccc6)CCCC5)c4)C=C[C@H]2c2ccc(cc2)CC/C(=C(\C)CO)C(=O)O[C@@H]1[C@@]1(CCC[C@H]2CCCC[C@H]21)O3. The number of aliphatic hydroxyl groups excluding tert-OH is 3. The van der Waals surface area contributed by atoms with Gasteiger partial charge in [0.05, 0.1) is 25.4 Å². The van der Waals surface area contributed by atoms with Crippen LogP contribution in [-0.2, 0) is 42.2 Å². The summed E-state index contributed by atoms with van der Waals surface area (Å²) in [4.78, 5) is 45.2. The number of carbonyl (C=O) groups excluding carboxylic acids is 2. The zero-order chi connectivity index (χ0) is 52.6. The second-order valence-corrected chi connectivity index (χ2v) is 23.0.